The van der Waals surface area contributed by atoms with Gasteiger partial charge >= 0.3 is 0 Å². The lowest BCUT2D eigenvalue weighted by molar-refractivity contribution is 0.185. The van der Waals surface area contributed by atoms with Crippen LogP contribution in [-0.2, 0) is 15.8 Å². The summed E-state index contributed by atoms with van der Waals surface area (Å²) in [4.78, 5) is 12.2. The number of sulfonamides is 1. The van der Waals surface area contributed by atoms with Crippen LogP contribution in [0.15, 0.2) is 65.5 Å². The first-order chi connectivity index (χ1) is 13.8. The summed E-state index contributed by atoms with van der Waals surface area (Å²) in [5.41, 5.74) is 1.08. The van der Waals surface area contributed by atoms with E-state index >= 15 is 0 Å². The SMILES string of the molecule is O=c1ccc(-c2cccc(F)c2)nn1C1CN(S(=O)(=O)Cc2ccc(F)cc2)C1. The molecular formula is C20H17F2N3O3S. The molecule has 1 aliphatic heterocycles. The number of benzene rings is 2. The van der Waals surface area contributed by atoms with Gasteiger partial charge in [-0.1, -0.05) is 24.3 Å². The zero-order chi connectivity index (χ0) is 20.6. The van der Waals surface area contributed by atoms with Crippen LogP contribution < -0.4 is 5.56 Å². The van der Waals surface area contributed by atoms with E-state index in [2.05, 4.69) is 5.10 Å². The molecule has 1 aromatic heterocycles. The smallest absolute Gasteiger partial charge is 0.267 e. The monoisotopic (exact) mass is 417 g/mol. The van der Waals surface area contributed by atoms with E-state index < -0.39 is 27.7 Å². The maximum absolute atomic E-state index is 13.5. The molecule has 0 aliphatic carbocycles. The van der Waals surface area contributed by atoms with Gasteiger partial charge in [0.1, 0.15) is 11.6 Å². The zero-order valence-electron chi connectivity index (χ0n) is 15.2. The van der Waals surface area contributed by atoms with E-state index in [-0.39, 0.29) is 24.4 Å². The standard InChI is InChI=1S/C20H17F2N3O3S/c21-16-6-4-14(5-7-16)13-29(27,28)24-11-18(12-24)25-20(26)9-8-19(23-25)15-2-1-3-17(22)10-15/h1-10,18H,11-13H2. The van der Waals surface area contributed by atoms with Gasteiger partial charge < -0.3 is 0 Å². The summed E-state index contributed by atoms with van der Waals surface area (Å²) in [5, 5.41) is 4.29. The van der Waals surface area contributed by atoms with Crippen molar-refractivity contribution in [2.24, 2.45) is 0 Å². The molecule has 0 radical (unpaired) electrons. The lowest BCUT2D eigenvalue weighted by Gasteiger charge is -2.38. The molecular weight excluding hydrogens is 400 g/mol. The van der Waals surface area contributed by atoms with Crippen LogP contribution in [0.1, 0.15) is 11.6 Å². The number of hydrogen-bond acceptors (Lipinski definition) is 4. The average Bonchev–Trinajstić information content (AvgIpc) is 2.63. The first kappa shape index (κ1) is 19.4. The number of nitrogens with zero attached hydrogens (tertiary/aromatic N) is 3. The fourth-order valence-electron chi connectivity index (χ4n) is 3.17. The highest BCUT2D eigenvalue weighted by Crippen LogP contribution is 2.26. The van der Waals surface area contributed by atoms with E-state index in [1.54, 1.807) is 12.1 Å². The van der Waals surface area contributed by atoms with Crippen molar-refractivity contribution in [2.45, 2.75) is 11.8 Å². The summed E-state index contributed by atoms with van der Waals surface area (Å²) in [6.45, 7) is 0.228. The van der Waals surface area contributed by atoms with E-state index in [1.807, 2.05) is 0 Å². The molecule has 2 aromatic carbocycles. The van der Waals surface area contributed by atoms with Crippen LogP contribution in [0.25, 0.3) is 11.3 Å². The van der Waals surface area contributed by atoms with Crippen molar-refractivity contribution in [1.82, 2.24) is 14.1 Å². The van der Waals surface area contributed by atoms with Crippen molar-refractivity contribution in [1.29, 1.82) is 0 Å². The van der Waals surface area contributed by atoms with Crippen LogP contribution in [0.4, 0.5) is 8.78 Å². The maximum atomic E-state index is 13.5. The van der Waals surface area contributed by atoms with E-state index in [4.69, 9.17) is 0 Å². The van der Waals surface area contributed by atoms with Crippen LogP contribution in [0, 0.1) is 11.6 Å². The molecule has 9 heteroatoms. The predicted octanol–water partition coefficient (Wildman–Crippen LogP) is 2.58. The second-order valence-corrected chi connectivity index (χ2v) is 8.83. The van der Waals surface area contributed by atoms with Crippen molar-refractivity contribution in [2.75, 3.05) is 13.1 Å². The highest BCUT2D eigenvalue weighted by molar-refractivity contribution is 7.88. The van der Waals surface area contributed by atoms with Crippen LogP contribution in [0.3, 0.4) is 0 Å². The Labute approximate surface area is 166 Å². The lowest BCUT2D eigenvalue weighted by Crippen LogP contribution is -2.53. The zero-order valence-corrected chi connectivity index (χ0v) is 16.0. The quantitative estimate of drug-likeness (QED) is 0.640. The van der Waals surface area contributed by atoms with Crippen molar-refractivity contribution in [3.8, 4) is 11.3 Å². The second kappa shape index (κ2) is 7.49. The predicted molar refractivity (Wildman–Crippen MR) is 104 cm³/mol. The van der Waals surface area contributed by atoms with Crippen molar-refractivity contribution in [3.63, 3.8) is 0 Å². The molecule has 0 bridgehead atoms. The molecule has 0 amide bonds. The molecule has 3 aromatic rings. The van der Waals surface area contributed by atoms with Gasteiger partial charge in [0.15, 0.2) is 0 Å². The Balaban J connectivity index is 1.50. The van der Waals surface area contributed by atoms with Crippen molar-refractivity contribution >= 4 is 10.0 Å². The molecule has 1 saturated heterocycles. The van der Waals surface area contributed by atoms with Gasteiger partial charge in [-0.25, -0.2) is 21.9 Å². The Hall–Kier alpha value is -2.91. The molecule has 29 heavy (non-hydrogen) atoms. The van der Waals surface area contributed by atoms with Gasteiger partial charge in [-0.15, -0.1) is 0 Å². The minimum atomic E-state index is -3.59. The van der Waals surface area contributed by atoms with Crippen LogP contribution in [0.5, 0.6) is 0 Å². The van der Waals surface area contributed by atoms with Gasteiger partial charge in [0.2, 0.25) is 10.0 Å². The Bertz CT molecular complexity index is 1200. The third kappa shape index (κ3) is 4.10. The summed E-state index contributed by atoms with van der Waals surface area (Å²) < 4.78 is 54.0. The lowest BCUT2D eigenvalue weighted by atomic mass is 10.1. The molecule has 0 spiro atoms. The molecule has 6 nitrogen and oxygen atoms in total. The van der Waals surface area contributed by atoms with Gasteiger partial charge in [0.05, 0.1) is 17.5 Å². The van der Waals surface area contributed by atoms with Gasteiger partial charge in [0.25, 0.3) is 5.56 Å². The number of aromatic nitrogens is 2. The average molecular weight is 417 g/mol. The Morgan fingerprint density at radius 3 is 2.38 bits per heavy atom. The fraction of sp³-hybridized carbons (Fsp3) is 0.200. The largest absolute Gasteiger partial charge is 0.268 e. The molecule has 1 aliphatic rings. The minimum Gasteiger partial charge on any atom is -0.268 e. The van der Waals surface area contributed by atoms with E-state index in [9.17, 15) is 22.0 Å². The fourth-order valence-corrected chi connectivity index (χ4v) is 4.76. The van der Waals surface area contributed by atoms with Crippen LogP contribution in [0.2, 0.25) is 0 Å². The van der Waals surface area contributed by atoms with Crippen LogP contribution in [-0.4, -0.2) is 35.6 Å². The van der Waals surface area contributed by atoms with Crippen LogP contribution >= 0.6 is 0 Å². The first-order valence-corrected chi connectivity index (χ1v) is 10.5. The summed E-state index contributed by atoms with van der Waals surface area (Å²) in [5.74, 6) is -1.09. The molecule has 0 unspecified atom stereocenters. The molecule has 2 heterocycles. The highest BCUT2D eigenvalue weighted by Gasteiger charge is 2.37. The van der Waals surface area contributed by atoms with Gasteiger partial charge in [-0.2, -0.15) is 9.40 Å². The first-order valence-electron chi connectivity index (χ1n) is 8.90. The normalized spacial score (nSPS) is 15.2. The topological polar surface area (TPSA) is 72.3 Å². The Morgan fingerprint density at radius 1 is 0.966 bits per heavy atom. The van der Waals surface area contributed by atoms with Crippen molar-refractivity contribution in [3.05, 3.63) is 88.2 Å². The van der Waals surface area contributed by atoms with Gasteiger partial charge in [-0.05, 0) is 35.9 Å². The summed E-state index contributed by atoms with van der Waals surface area (Å²) >= 11 is 0. The third-order valence-electron chi connectivity index (χ3n) is 4.78. The number of hydrogen-bond donors (Lipinski definition) is 0. The molecule has 4 rings (SSSR count). The van der Waals surface area contributed by atoms with E-state index in [1.165, 1.54) is 57.5 Å². The highest BCUT2D eigenvalue weighted by atomic mass is 32.2. The second-order valence-electron chi connectivity index (χ2n) is 6.87. The molecule has 0 atom stereocenters. The number of halogens is 2. The molecule has 150 valence electrons. The molecule has 1 fully saturated rings. The summed E-state index contributed by atoms with van der Waals surface area (Å²) in [6.07, 6.45) is 0. The van der Waals surface area contributed by atoms with E-state index in [0.29, 0.717) is 16.8 Å². The maximum Gasteiger partial charge on any atom is 0.267 e. The summed E-state index contributed by atoms with van der Waals surface area (Å²) in [7, 11) is -3.59. The minimum absolute atomic E-state index is 0.114. The van der Waals surface area contributed by atoms with Gasteiger partial charge in [-0.3, -0.25) is 4.79 Å². The van der Waals surface area contributed by atoms with Crippen molar-refractivity contribution < 1.29 is 17.2 Å². The Kier molecular flexibility index (Phi) is 5.01. The van der Waals surface area contributed by atoms with E-state index in [0.717, 1.165) is 0 Å². The summed E-state index contributed by atoms with van der Waals surface area (Å²) in [6, 6.07) is 13.6. The molecule has 0 saturated carbocycles. The Morgan fingerprint density at radius 2 is 1.69 bits per heavy atom. The molecule has 0 N–H and O–H groups in total. The van der Waals surface area contributed by atoms with Gasteiger partial charge in [0, 0.05) is 24.7 Å². The number of rotatable bonds is 5. The third-order valence-corrected chi connectivity index (χ3v) is 6.56.